The van der Waals surface area contributed by atoms with Gasteiger partial charge < -0.3 is 9.47 Å². The Morgan fingerprint density at radius 1 is 1.10 bits per heavy atom. The normalized spacial score (nSPS) is 12.9. The van der Waals surface area contributed by atoms with Crippen LogP contribution in [0.15, 0.2) is 12.2 Å². The summed E-state index contributed by atoms with van der Waals surface area (Å²) in [4.78, 5) is 23.2. The molecule has 0 aliphatic carbocycles. The van der Waals surface area contributed by atoms with Crippen LogP contribution in [0, 0.1) is 17.3 Å². The molecule has 0 radical (unpaired) electrons. The Morgan fingerprint density at radius 3 is 2.00 bits per heavy atom. The van der Waals surface area contributed by atoms with Crippen molar-refractivity contribution < 1.29 is 19.1 Å². The van der Waals surface area contributed by atoms with Crippen LogP contribution in [0.4, 0.5) is 0 Å². The third kappa shape index (κ3) is 7.97. The van der Waals surface area contributed by atoms with E-state index in [1.807, 2.05) is 13.8 Å². The fourth-order valence-electron chi connectivity index (χ4n) is 1.76. The van der Waals surface area contributed by atoms with E-state index in [0.29, 0.717) is 5.57 Å². The number of hydrogen-bond donors (Lipinski definition) is 0. The van der Waals surface area contributed by atoms with Crippen molar-refractivity contribution in [1.82, 2.24) is 0 Å². The van der Waals surface area contributed by atoms with Crippen LogP contribution >= 0.6 is 0 Å². The molecule has 1 unspecified atom stereocenters. The molecule has 0 aromatic carbocycles. The van der Waals surface area contributed by atoms with Gasteiger partial charge in [0.2, 0.25) is 0 Å². The lowest BCUT2D eigenvalue weighted by molar-refractivity contribution is -0.155. The molecular formula is C16H28O4. The quantitative estimate of drug-likeness (QED) is 0.408. The Bertz CT molecular complexity index is 350. The van der Waals surface area contributed by atoms with Crippen LogP contribution in [0.25, 0.3) is 0 Å². The van der Waals surface area contributed by atoms with Crippen LogP contribution in [-0.2, 0) is 19.1 Å². The molecule has 4 nitrogen and oxygen atoms in total. The zero-order valence-corrected chi connectivity index (χ0v) is 13.6. The molecule has 0 amide bonds. The summed E-state index contributed by atoms with van der Waals surface area (Å²) < 4.78 is 10.1. The second-order valence-electron chi connectivity index (χ2n) is 6.70. The third-order valence-corrected chi connectivity index (χ3v) is 2.85. The molecule has 0 aliphatic rings. The van der Waals surface area contributed by atoms with Gasteiger partial charge in [-0.3, -0.25) is 4.79 Å². The van der Waals surface area contributed by atoms with Crippen molar-refractivity contribution in [3.63, 3.8) is 0 Å². The van der Waals surface area contributed by atoms with Crippen molar-refractivity contribution in [2.75, 3.05) is 13.2 Å². The Hall–Kier alpha value is -1.32. The molecule has 0 rings (SSSR count). The maximum Gasteiger partial charge on any atom is 0.333 e. The van der Waals surface area contributed by atoms with Gasteiger partial charge in [-0.05, 0) is 24.7 Å². The molecule has 0 saturated carbocycles. The summed E-state index contributed by atoms with van der Waals surface area (Å²) in [7, 11) is 0. The van der Waals surface area contributed by atoms with E-state index in [9.17, 15) is 9.59 Å². The van der Waals surface area contributed by atoms with Crippen LogP contribution in [0.3, 0.4) is 0 Å². The SMILES string of the molecule is C=C(C)C(=O)OCCOC(=O)C(CC(C)(C)C)C(C)C. The minimum atomic E-state index is -0.462. The number of carbonyl (C=O) groups excluding carboxylic acids is 2. The largest absolute Gasteiger partial charge is 0.462 e. The lowest BCUT2D eigenvalue weighted by Crippen LogP contribution is -2.28. The monoisotopic (exact) mass is 284 g/mol. The molecule has 0 bridgehead atoms. The summed E-state index contributed by atoms with van der Waals surface area (Å²) >= 11 is 0. The molecule has 0 spiro atoms. The maximum atomic E-state index is 12.1. The zero-order valence-electron chi connectivity index (χ0n) is 13.6. The third-order valence-electron chi connectivity index (χ3n) is 2.85. The van der Waals surface area contributed by atoms with E-state index < -0.39 is 5.97 Å². The highest BCUT2D eigenvalue weighted by Gasteiger charge is 2.28. The Kier molecular flexibility index (Phi) is 7.54. The molecule has 0 fully saturated rings. The Labute approximate surface area is 122 Å². The van der Waals surface area contributed by atoms with E-state index in [2.05, 4.69) is 27.4 Å². The van der Waals surface area contributed by atoms with Gasteiger partial charge in [0.25, 0.3) is 0 Å². The van der Waals surface area contributed by atoms with E-state index in [1.165, 1.54) is 0 Å². The smallest absolute Gasteiger partial charge is 0.333 e. The lowest BCUT2D eigenvalue weighted by Gasteiger charge is -2.27. The van der Waals surface area contributed by atoms with Crippen molar-refractivity contribution >= 4 is 11.9 Å². The van der Waals surface area contributed by atoms with Crippen molar-refractivity contribution in [2.24, 2.45) is 17.3 Å². The van der Waals surface area contributed by atoms with E-state index in [4.69, 9.17) is 9.47 Å². The van der Waals surface area contributed by atoms with E-state index in [1.54, 1.807) is 6.92 Å². The topological polar surface area (TPSA) is 52.6 Å². The average Bonchev–Trinajstić information content (AvgIpc) is 2.29. The van der Waals surface area contributed by atoms with E-state index >= 15 is 0 Å². The fraction of sp³-hybridized carbons (Fsp3) is 0.750. The van der Waals surface area contributed by atoms with Gasteiger partial charge in [0.1, 0.15) is 13.2 Å². The summed E-state index contributed by atoms with van der Waals surface area (Å²) in [5, 5.41) is 0. The summed E-state index contributed by atoms with van der Waals surface area (Å²) in [5.41, 5.74) is 0.407. The minimum absolute atomic E-state index is 0.0672. The molecule has 0 heterocycles. The van der Waals surface area contributed by atoms with Crippen molar-refractivity contribution in [1.29, 1.82) is 0 Å². The predicted molar refractivity (Wildman–Crippen MR) is 79.1 cm³/mol. The van der Waals surface area contributed by atoms with Crippen LogP contribution in [0.5, 0.6) is 0 Å². The van der Waals surface area contributed by atoms with Gasteiger partial charge in [-0.2, -0.15) is 0 Å². The standard InChI is InChI=1S/C16H28O4/c1-11(2)13(10-16(5,6)7)15(18)20-9-8-19-14(17)12(3)4/h11,13H,3,8-10H2,1-2,4-7H3. The average molecular weight is 284 g/mol. The van der Waals surface area contributed by atoms with Gasteiger partial charge in [-0.1, -0.05) is 41.2 Å². The fourth-order valence-corrected chi connectivity index (χ4v) is 1.76. The first-order valence-electron chi connectivity index (χ1n) is 7.04. The molecule has 1 atom stereocenters. The van der Waals surface area contributed by atoms with Gasteiger partial charge >= 0.3 is 11.9 Å². The molecule has 0 N–H and O–H groups in total. The summed E-state index contributed by atoms with van der Waals surface area (Å²) in [6.45, 7) is 15.5. The number of ether oxygens (including phenoxy) is 2. The number of rotatable bonds is 7. The summed E-state index contributed by atoms with van der Waals surface area (Å²) in [5.74, 6) is -0.594. The van der Waals surface area contributed by atoms with E-state index in [0.717, 1.165) is 6.42 Å². The first-order chi connectivity index (χ1) is 9.04. The predicted octanol–water partition coefficient (Wildman–Crippen LogP) is 3.36. The molecule has 4 heteroatoms. The van der Waals surface area contributed by atoms with Crippen molar-refractivity contribution in [2.45, 2.75) is 48.0 Å². The first-order valence-corrected chi connectivity index (χ1v) is 7.04. The molecule has 0 aliphatic heterocycles. The second-order valence-corrected chi connectivity index (χ2v) is 6.70. The second kappa shape index (κ2) is 8.08. The van der Waals surface area contributed by atoms with Crippen LogP contribution in [0.2, 0.25) is 0 Å². The first kappa shape index (κ1) is 18.7. The highest BCUT2D eigenvalue weighted by atomic mass is 16.6. The summed E-state index contributed by atoms with van der Waals surface area (Å²) in [6.07, 6.45) is 0.773. The maximum absolute atomic E-state index is 12.1. The zero-order chi connectivity index (χ0) is 15.9. The van der Waals surface area contributed by atoms with Gasteiger partial charge in [-0.25, -0.2) is 4.79 Å². The molecule has 0 aromatic rings. The number of esters is 2. The van der Waals surface area contributed by atoms with Crippen LogP contribution in [0.1, 0.15) is 48.0 Å². The molecule has 0 aromatic heterocycles. The Morgan fingerprint density at radius 2 is 1.60 bits per heavy atom. The van der Waals surface area contributed by atoms with Gasteiger partial charge in [-0.15, -0.1) is 0 Å². The van der Waals surface area contributed by atoms with Crippen LogP contribution < -0.4 is 0 Å². The Balaban J connectivity index is 4.22. The van der Waals surface area contributed by atoms with Gasteiger partial charge in [0, 0.05) is 5.57 Å². The highest BCUT2D eigenvalue weighted by molar-refractivity contribution is 5.86. The van der Waals surface area contributed by atoms with Crippen molar-refractivity contribution in [3.8, 4) is 0 Å². The molecule has 116 valence electrons. The minimum Gasteiger partial charge on any atom is -0.462 e. The highest BCUT2D eigenvalue weighted by Crippen LogP contribution is 2.29. The molecular weight excluding hydrogens is 256 g/mol. The van der Waals surface area contributed by atoms with Gasteiger partial charge in [0.15, 0.2) is 0 Å². The number of hydrogen-bond acceptors (Lipinski definition) is 4. The number of carbonyl (C=O) groups is 2. The molecule has 0 saturated heterocycles. The van der Waals surface area contributed by atoms with E-state index in [-0.39, 0.29) is 36.4 Å². The van der Waals surface area contributed by atoms with Crippen LogP contribution in [-0.4, -0.2) is 25.2 Å². The summed E-state index contributed by atoms with van der Waals surface area (Å²) in [6, 6.07) is 0. The van der Waals surface area contributed by atoms with Gasteiger partial charge in [0.05, 0.1) is 5.92 Å². The molecule has 20 heavy (non-hydrogen) atoms. The lowest BCUT2D eigenvalue weighted by atomic mass is 9.80. The van der Waals surface area contributed by atoms with Crippen molar-refractivity contribution in [3.05, 3.63) is 12.2 Å².